The third-order valence-corrected chi connectivity index (χ3v) is 3.48. The van der Waals surface area contributed by atoms with Crippen LogP contribution in [0.2, 0.25) is 0 Å². The van der Waals surface area contributed by atoms with E-state index in [2.05, 4.69) is 5.32 Å². The van der Waals surface area contributed by atoms with Crippen LogP contribution in [0.1, 0.15) is 6.42 Å². The first-order valence-electron chi connectivity index (χ1n) is 3.91. The van der Waals surface area contributed by atoms with Crippen LogP contribution in [-0.4, -0.2) is 36.8 Å². The Morgan fingerprint density at radius 2 is 2.50 bits per heavy atom. The monoisotopic (exact) mass is 159 g/mol. The molecule has 0 aromatic rings. The van der Waals surface area contributed by atoms with Gasteiger partial charge >= 0.3 is 0 Å². The maximum atomic E-state index is 5.62. The van der Waals surface area contributed by atoms with Crippen molar-refractivity contribution in [3.8, 4) is 0 Å². The highest BCUT2D eigenvalue weighted by atomic mass is 32.2. The third kappa shape index (κ3) is 1.31. The summed E-state index contributed by atoms with van der Waals surface area (Å²) >= 11 is 2.02. The Morgan fingerprint density at radius 3 is 3.30 bits per heavy atom. The molecule has 2 saturated heterocycles. The average molecular weight is 159 g/mol. The van der Waals surface area contributed by atoms with Gasteiger partial charge in [0.05, 0.1) is 6.10 Å². The largest absolute Gasteiger partial charge is 0.376 e. The minimum absolute atomic E-state index is 0.567. The van der Waals surface area contributed by atoms with Crippen molar-refractivity contribution >= 4 is 11.8 Å². The van der Waals surface area contributed by atoms with Crippen LogP contribution in [0, 0.1) is 0 Å². The minimum atomic E-state index is 0.567. The molecule has 2 fully saturated rings. The fourth-order valence-electron chi connectivity index (χ4n) is 1.33. The number of fused-ring (bicyclic) bond motifs is 1. The molecule has 3 heteroatoms. The lowest BCUT2D eigenvalue weighted by Crippen LogP contribution is -2.47. The molecule has 2 aliphatic rings. The predicted molar refractivity (Wildman–Crippen MR) is 43.5 cm³/mol. The Labute approximate surface area is 65.7 Å². The van der Waals surface area contributed by atoms with Crippen LogP contribution in [0.5, 0.6) is 0 Å². The van der Waals surface area contributed by atoms with Crippen molar-refractivity contribution in [1.82, 2.24) is 5.32 Å². The number of hydrogen-bond acceptors (Lipinski definition) is 3. The average Bonchev–Trinajstić information content (AvgIpc) is 1.89. The van der Waals surface area contributed by atoms with Gasteiger partial charge < -0.3 is 10.1 Å². The van der Waals surface area contributed by atoms with Gasteiger partial charge in [-0.25, -0.2) is 0 Å². The van der Waals surface area contributed by atoms with Crippen LogP contribution in [0.25, 0.3) is 0 Å². The number of rotatable bonds is 0. The zero-order chi connectivity index (χ0) is 6.81. The van der Waals surface area contributed by atoms with Gasteiger partial charge in [0, 0.05) is 24.2 Å². The lowest BCUT2D eigenvalue weighted by Gasteiger charge is -2.37. The van der Waals surface area contributed by atoms with Crippen LogP contribution in [0.4, 0.5) is 0 Å². The van der Waals surface area contributed by atoms with Crippen LogP contribution in [-0.2, 0) is 4.74 Å². The van der Waals surface area contributed by atoms with Crippen molar-refractivity contribution < 1.29 is 4.74 Å². The van der Waals surface area contributed by atoms with Crippen molar-refractivity contribution in [3.05, 3.63) is 0 Å². The van der Waals surface area contributed by atoms with Crippen molar-refractivity contribution in [1.29, 1.82) is 0 Å². The second-order valence-electron chi connectivity index (χ2n) is 2.84. The third-order valence-electron chi connectivity index (χ3n) is 2.06. The molecule has 2 nitrogen and oxygen atoms in total. The highest BCUT2D eigenvalue weighted by Gasteiger charge is 2.32. The van der Waals surface area contributed by atoms with Crippen molar-refractivity contribution in [2.75, 3.05) is 25.4 Å². The molecule has 2 aliphatic heterocycles. The first kappa shape index (κ1) is 6.95. The predicted octanol–water partition coefficient (Wildman–Crippen LogP) is 0.480. The van der Waals surface area contributed by atoms with Gasteiger partial charge in [-0.15, -0.1) is 0 Å². The molecular formula is C7H13NOS. The summed E-state index contributed by atoms with van der Waals surface area (Å²) in [6.45, 7) is 3.23. The quantitative estimate of drug-likeness (QED) is 0.555. The highest BCUT2D eigenvalue weighted by Crippen LogP contribution is 2.30. The normalized spacial score (nSPS) is 40.8. The van der Waals surface area contributed by atoms with E-state index in [1.54, 1.807) is 0 Å². The van der Waals surface area contributed by atoms with Crippen LogP contribution in [0.15, 0.2) is 0 Å². The fourth-order valence-corrected chi connectivity index (χ4v) is 2.37. The maximum Gasteiger partial charge on any atom is 0.0796 e. The number of nitrogens with one attached hydrogen (secondary N) is 1. The van der Waals surface area contributed by atoms with E-state index in [0.29, 0.717) is 6.10 Å². The van der Waals surface area contributed by atoms with Gasteiger partial charge in [-0.1, -0.05) is 0 Å². The molecule has 0 bridgehead atoms. The lowest BCUT2D eigenvalue weighted by atomic mass is 10.2. The second-order valence-corrected chi connectivity index (χ2v) is 4.11. The Bertz CT molecular complexity index is 106. The molecule has 2 heterocycles. The van der Waals surface area contributed by atoms with Gasteiger partial charge in [0.25, 0.3) is 0 Å². The standard InChI is InChI=1S/C7H13NOS/c1-2-8-4-7-6(5-10-7)9-3-1/h6-8H,1-5H2. The zero-order valence-corrected chi connectivity index (χ0v) is 6.82. The first-order valence-corrected chi connectivity index (χ1v) is 4.95. The summed E-state index contributed by atoms with van der Waals surface area (Å²) in [5, 5.41) is 4.17. The van der Waals surface area contributed by atoms with Crippen molar-refractivity contribution in [2.45, 2.75) is 17.8 Å². The van der Waals surface area contributed by atoms with Crippen LogP contribution >= 0.6 is 11.8 Å². The van der Waals surface area contributed by atoms with Gasteiger partial charge in [0.1, 0.15) is 0 Å². The minimum Gasteiger partial charge on any atom is -0.376 e. The topological polar surface area (TPSA) is 21.3 Å². The smallest absolute Gasteiger partial charge is 0.0796 e. The van der Waals surface area contributed by atoms with E-state index in [1.807, 2.05) is 11.8 Å². The first-order chi connectivity index (χ1) is 4.97. The molecule has 2 unspecified atom stereocenters. The molecule has 0 spiro atoms. The Morgan fingerprint density at radius 1 is 1.50 bits per heavy atom. The van der Waals surface area contributed by atoms with E-state index in [9.17, 15) is 0 Å². The lowest BCUT2D eigenvalue weighted by molar-refractivity contribution is 0.0496. The van der Waals surface area contributed by atoms with Gasteiger partial charge in [-0.3, -0.25) is 0 Å². The molecule has 0 radical (unpaired) electrons. The van der Waals surface area contributed by atoms with Gasteiger partial charge in [-0.05, 0) is 13.0 Å². The summed E-state index contributed by atoms with van der Waals surface area (Å²) in [4.78, 5) is 0. The van der Waals surface area contributed by atoms with Gasteiger partial charge in [0.2, 0.25) is 0 Å². The van der Waals surface area contributed by atoms with E-state index in [-0.39, 0.29) is 0 Å². The SMILES string of the molecule is C1CNCC2SCC2OC1. The number of thioether (sulfide) groups is 1. The Kier molecular flexibility index (Phi) is 2.16. The fraction of sp³-hybridized carbons (Fsp3) is 1.00. The van der Waals surface area contributed by atoms with Gasteiger partial charge in [-0.2, -0.15) is 11.8 Å². The van der Waals surface area contributed by atoms with E-state index in [0.717, 1.165) is 24.9 Å². The summed E-state index contributed by atoms with van der Waals surface area (Å²) in [6.07, 6.45) is 1.74. The number of hydrogen-bond donors (Lipinski definition) is 1. The molecule has 0 aliphatic carbocycles. The molecule has 0 amide bonds. The summed E-state index contributed by atoms with van der Waals surface area (Å²) in [5.74, 6) is 1.21. The van der Waals surface area contributed by atoms with Crippen LogP contribution < -0.4 is 5.32 Å². The van der Waals surface area contributed by atoms with E-state index in [1.165, 1.54) is 12.2 Å². The van der Waals surface area contributed by atoms with Gasteiger partial charge in [0.15, 0.2) is 0 Å². The van der Waals surface area contributed by atoms with E-state index < -0.39 is 0 Å². The zero-order valence-electron chi connectivity index (χ0n) is 6.01. The molecule has 0 aromatic carbocycles. The Hall–Kier alpha value is 0.270. The maximum absolute atomic E-state index is 5.62. The van der Waals surface area contributed by atoms with Crippen LogP contribution in [0.3, 0.4) is 0 Å². The highest BCUT2D eigenvalue weighted by molar-refractivity contribution is 8.01. The molecule has 2 rings (SSSR count). The molecule has 1 N–H and O–H groups in total. The van der Waals surface area contributed by atoms with Crippen molar-refractivity contribution in [2.24, 2.45) is 0 Å². The summed E-state index contributed by atoms with van der Waals surface area (Å²) < 4.78 is 5.62. The molecule has 0 saturated carbocycles. The molecule has 0 aromatic heterocycles. The molecular weight excluding hydrogens is 146 g/mol. The summed E-state index contributed by atoms with van der Waals surface area (Å²) in [6, 6.07) is 0. The number of ether oxygens (including phenoxy) is 1. The van der Waals surface area contributed by atoms with Crippen molar-refractivity contribution in [3.63, 3.8) is 0 Å². The van der Waals surface area contributed by atoms with E-state index in [4.69, 9.17) is 4.74 Å². The second kappa shape index (κ2) is 3.11. The van der Waals surface area contributed by atoms with E-state index >= 15 is 0 Å². The molecule has 2 atom stereocenters. The summed E-state index contributed by atoms with van der Waals surface area (Å²) in [7, 11) is 0. The summed E-state index contributed by atoms with van der Waals surface area (Å²) in [5.41, 5.74) is 0. The molecule has 10 heavy (non-hydrogen) atoms. The Balaban J connectivity index is 1.83. The molecule has 58 valence electrons.